The normalized spacial score (nSPS) is 10.9. The number of halogens is 1. The van der Waals surface area contributed by atoms with E-state index >= 15 is 0 Å². The number of hydrogen-bond acceptors (Lipinski definition) is 6. The van der Waals surface area contributed by atoms with E-state index in [4.69, 9.17) is 9.47 Å². The third kappa shape index (κ3) is 7.50. The standard InChI is InChI=1S/C28H26BrN3O5S/c1-2-36-26-17-8-20(29)18-27(26)38(34,35)32-24-11-9-23(10-12-24)31-28(33)19-37-25-15-13-22(14-16-25)30-21-6-4-3-5-7-21/h3-18,30,32H,2,19H2,1H3,(H,31,33). The Balaban J connectivity index is 1.30. The van der Waals surface area contributed by atoms with E-state index in [1.807, 2.05) is 42.5 Å². The van der Waals surface area contributed by atoms with Crippen LogP contribution in [0.2, 0.25) is 0 Å². The number of ether oxygens (including phenoxy) is 2. The van der Waals surface area contributed by atoms with Gasteiger partial charge in [0.25, 0.3) is 15.9 Å². The zero-order valence-electron chi connectivity index (χ0n) is 20.5. The van der Waals surface area contributed by atoms with Crippen molar-refractivity contribution < 1.29 is 22.7 Å². The summed E-state index contributed by atoms with van der Waals surface area (Å²) in [4.78, 5) is 12.4. The average Bonchev–Trinajstić information content (AvgIpc) is 2.91. The number of carbonyl (C=O) groups excluding carboxylic acids is 1. The summed E-state index contributed by atoms with van der Waals surface area (Å²) in [5.74, 6) is 0.469. The van der Waals surface area contributed by atoms with Crippen LogP contribution in [0, 0.1) is 0 Å². The van der Waals surface area contributed by atoms with Gasteiger partial charge >= 0.3 is 0 Å². The maximum Gasteiger partial charge on any atom is 0.265 e. The van der Waals surface area contributed by atoms with Gasteiger partial charge in [-0.15, -0.1) is 0 Å². The minimum Gasteiger partial charge on any atom is -0.492 e. The number of carbonyl (C=O) groups is 1. The maximum atomic E-state index is 12.9. The Morgan fingerprint density at radius 3 is 2.11 bits per heavy atom. The molecule has 0 saturated carbocycles. The third-order valence-corrected chi connectivity index (χ3v) is 7.10. The van der Waals surface area contributed by atoms with E-state index in [1.54, 1.807) is 55.5 Å². The number of amides is 1. The molecular formula is C28H26BrN3O5S. The predicted molar refractivity (Wildman–Crippen MR) is 153 cm³/mol. The Morgan fingerprint density at radius 1 is 0.789 bits per heavy atom. The molecule has 4 aromatic rings. The van der Waals surface area contributed by atoms with Crippen LogP contribution in [0.1, 0.15) is 6.92 Å². The molecule has 10 heteroatoms. The Kier molecular flexibility index (Phi) is 8.88. The molecule has 0 unspecified atom stereocenters. The zero-order chi connectivity index (χ0) is 27.0. The summed E-state index contributed by atoms with van der Waals surface area (Å²) in [6, 6.07) is 28.2. The van der Waals surface area contributed by atoms with E-state index in [1.165, 1.54) is 6.07 Å². The molecule has 8 nitrogen and oxygen atoms in total. The van der Waals surface area contributed by atoms with E-state index < -0.39 is 10.0 Å². The Hall–Kier alpha value is -4.02. The molecule has 0 atom stereocenters. The number of anilines is 4. The molecule has 0 aromatic heterocycles. The molecule has 0 radical (unpaired) electrons. The first-order chi connectivity index (χ1) is 18.3. The number of hydrogen-bond donors (Lipinski definition) is 3. The highest BCUT2D eigenvalue weighted by molar-refractivity contribution is 9.10. The second kappa shape index (κ2) is 12.5. The van der Waals surface area contributed by atoms with Crippen molar-refractivity contribution in [2.75, 3.05) is 28.6 Å². The quantitative estimate of drug-likeness (QED) is 0.185. The van der Waals surface area contributed by atoms with Crippen molar-refractivity contribution in [2.24, 2.45) is 0 Å². The van der Waals surface area contributed by atoms with Crippen LogP contribution in [0.3, 0.4) is 0 Å². The van der Waals surface area contributed by atoms with Crippen molar-refractivity contribution in [2.45, 2.75) is 11.8 Å². The second-order valence-corrected chi connectivity index (χ2v) is 10.6. The SMILES string of the molecule is CCOc1ccc(Br)cc1S(=O)(=O)Nc1ccc(NC(=O)COc2ccc(Nc3ccccc3)cc2)cc1. The van der Waals surface area contributed by atoms with Gasteiger partial charge in [0.2, 0.25) is 0 Å². The molecule has 0 aliphatic rings. The fraction of sp³-hybridized carbons (Fsp3) is 0.107. The van der Waals surface area contributed by atoms with Crippen molar-refractivity contribution in [1.82, 2.24) is 0 Å². The fourth-order valence-corrected chi connectivity index (χ4v) is 5.21. The molecule has 38 heavy (non-hydrogen) atoms. The summed E-state index contributed by atoms with van der Waals surface area (Å²) in [5, 5.41) is 6.01. The average molecular weight is 597 g/mol. The van der Waals surface area contributed by atoms with Crippen LogP contribution in [0.25, 0.3) is 0 Å². The van der Waals surface area contributed by atoms with Gasteiger partial charge in [0.05, 0.1) is 6.61 Å². The van der Waals surface area contributed by atoms with Gasteiger partial charge in [-0.2, -0.15) is 0 Å². The molecule has 0 spiro atoms. The molecular weight excluding hydrogens is 570 g/mol. The lowest BCUT2D eigenvalue weighted by Crippen LogP contribution is -2.20. The van der Waals surface area contributed by atoms with Crippen LogP contribution in [-0.4, -0.2) is 27.5 Å². The fourth-order valence-electron chi connectivity index (χ4n) is 3.47. The van der Waals surface area contributed by atoms with E-state index in [0.717, 1.165) is 11.4 Å². The van der Waals surface area contributed by atoms with Gasteiger partial charge in [0.1, 0.15) is 16.4 Å². The lowest BCUT2D eigenvalue weighted by molar-refractivity contribution is -0.118. The molecule has 0 aliphatic carbocycles. The van der Waals surface area contributed by atoms with E-state index in [2.05, 4.69) is 31.3 Å². The van der Waals surface area contributed by atoms with E-state index in [9.17, 15) is 13.2 Å². The summed E-state index contributed by atoms with van der Waals surface area (Å²) in [5.41, 5.74) is 2.72. The first-order valence-corrected chi connectivity index (χ1v) is 14.0. The first kappa shape index (κ1) is 27.0. The lowest BCUT2D eigenvalue weighted by atomic mass is 10.2. The van der Waals surface area contributed by atoms with Gasteiger partial charge in [-0.05, 0) is 85.8 Å². The Labute approximate surface area is 230 Å². The predicted octanol–water partition coefficient (Wildman–Crippen LogP) is 6.41. The lowest BCUT2D eigenvalue weighted by Gasteiger charge is -2.13. The van der Waals surface area contributed by atoms with E-state index in [0.29, 0.717) is 28.2 Å². The van der Waals surface area contributed by atoms with Crippen LogP contribution >= 0.6 is 15.9 Å². The monoisotopic (exact) mass is 595 g/mol. The molecule has 0 fully saturated rings. The van der Waals surface area contributed by atoms with Crippen molar-refractivity contribution in [3.05, 3.63) is 102 Å². The van der Waals surface area contributed by atoms with Gasteiger partial charge in [-0.3, -0.25) is 9.52 Å². The van der Waals surface area contributed by atoms with Crippen LogP contribution in [0.15, 0.2) is 106 Å². The number of sulfonamides is 1. The molecule has 4 rings (SSSR count). The first-order valence-electron chi connectivity index (χ1n) is 11.7. The summed E-state index contributed by atoms with van der Waals surface area (Å²) in [6.07, 6.45) is 0. The number of para-hydroxylation sites is 1. The highest BCUT2D eigenvalue weighted by atomic mass is 79.9. The molecule has 3 N–H and O–H groups in total. The largest absolute Gasteiger partial charge is 0.492 e. The molecule has 1 amide bonds. The molecule has 4 aromatic carbocycles. The van der Waals surface area contributed by atoms with Gasteiger partial charge in [-0.25, -0.2) is 8.42 Å². The summed E-state index contributed by atoms with van der Waals surface area (Å²) < 4.78 is 40.1. The van der Waals surface area contributed by atoms with Crippen LogP contribution < -0.4 is 24.8 Å². The maximum absolute atomic E-state index is 12.9. The van der Waals surface area contributed by atoms with Gasteiger partial charge < -0.3 is 20.1 Å². The molecule has 0 bridgehead atoms. The highest BCUT2D eigenvalue weighted by Crippen LogP contribution is 2.29. The van der Waals surface area contributed by atoms with E-state index in [-0.39, 0.29) is 23.2 Å². The van der Waals surface area contributed by atoms with Gasteiger partial charge in [0, 0.05) is 27.2 Å². The zero-order valence-corrected chi connectivity index (χ0v) is 22.9. The Bertz CT molecular complexity index is 1480. The molecule has 196 valence electrons. The van der Waals surface area contributed by atoms with Gasteiger partial charge in [-0.1, -0.05) is 34.1 Å². The van der Waals surface area contributed by atoms with Crippen molar-refractivity contribution in [3.8, 4) is 11.5 Å². The number of rotatable bonds is 11. The topological polar surface area (TPSA) is 106 Å². The smallest absolute Gasteiger partial charge is 0.265 e. The van der Waals surface area contributed by atoms with Crippen molar-refractivity contribution in [3.63, 3.8) is 0 Å². The molecule has 0 heterocycles. The van der Waals surface area contributed by atoms with Crippen LogP contribution in [0.4, 0.5) is 22.7 Å². The second-order valence-electron chi connectivity index (χ2n) is 8.06. The third-order valence-electron chi connectivity index (χ3n) is 5.20. The minimum absolute atomic E-state index is 0.0205. The van der Waals surface area contributed by atoms with Crippen molar-refractivity contribution in [1.29, 1.82) is 0 Å². The van der Waals surface area contributed by atoms with Crippen molar-refractivity contribution >= 4 is 54.6 Å². The van der Waals surface area contributed by atoms with Crippen LogP contribution in [-0.2, 0) is 14.8 Å². The summed E-state index contributed by atoms with van der Waals surface area (Å²) in [6.45, 7) is 1.94. The highest BCUT2D eigenvalue weighted by Gasteiger charge is 2.20. The minimum atomic E-state index is -3.90. The molecule has 0 aliphatic heterocycles. The summed E-state index contributed by atoms with van der Waals surface area (Å²) in [7, 11) is -3.90. The number of nitrogens with one attached hydrogen (secondary N) is 3. The van der Waals surface area contributed by atoms with Crippen LogP contribution in [0.5, 0.6) is 11.5 Å². The molecule has 0 saturated heterocycles. The number of benzene rings is 4. The van der Waals surface area contributed by atoms with Gasteiger partial charge in [0.15, 0.2) is 6.61 Å². The Morgan fingerprint density at radius 2 is 1.42 bits per heavy atom. The summed E-state index contributed by atoms with van der Waals surface area (Å²) >= 11 is 3.30.